The van der Waals surface area contributed by atoms with Gasteiger partial charge in [-0.25, -0.2) is 0 Å². The normalized spacial score (nSPS) is 17.7. The van der Waals surface area contributed by atoms with Gasteiger partial charge in [-0.3, -0.25) is 4.99 Å². The first kappa shape index (κ1) is 8.30. The van der Waals surface area contributed by atoms with Crippen molar-refractivity contribution in [1.29, 1.82) is 0 Å². The summed E-state index contributed by atoms with van der Waals surface area (Å²) in [6.07, 6.45) is 1.45. The maximum atomic E-state index is 10.1. The number of carbonyl (C=O) groups excluding carboxylic acids is 1. The van der Waals surface area contributed by atoms with Crippen molar-refractivity contribution < 1.29 is 9.90 Å². The van der Waals surface area contributed by atoms with Crippen molar-refractivity contribution in [1.82, 2.24) is 0 Å². The van der Waals surface area contributed by atoms with Crippen LogP contribution >= 0.6 is 0 Å². The summed E-state index contributed by atoms with van der Waals surface area (Å²) in [5.74, 6) is 0. The second-order valence-corrected chi connectivity index (χ2v) is 1.77. The van der Waals surface area contributed by atoms with Crippen molar-refractivity contribution in [3.63, 3.8) is 0 Å². The number of hydrogen-bond donors (Lipinski definition) is 1. The minimum Gasteiger partial charge on any atom is -0.391 e. The Morgan fingerprint density at radius 2 is 2.22 bits per heavy atom. The van der Waals surface area contributed by atoms with Gasteiger partial charge in [-0.15, -0.1) is 0 Å². The molecule has 0 saturated heterocycles. The molecule has 3 heteroatoms. The summed E-state index contributed by atoms with van der Waals surface area (Å²) in [5.41, 5.74) is 0. The molecular weight excluding hydrogens is 118 g/mol. The Kier molecular flexibility index (Phi) is 3.88. The Morgan fingerprint density at radius 3 is 2.33 bits per heavy atom. The lowest BCUT2D eigenvalue weighted by atomic mass is 10.2. The van der Waals surface area contributed by atoms with E-state index in [4.69, 9.17) is 5.11 Å². The predicted octanol–water partition coefficient (Wildman–Crippen LogP) is 0.0254. The highest BCUT2D eigenvalue weighted by Gasteiger charge is 2.09. The Morgan fingerprint density at radius 1 is 1.67 bits per heavy atom. The summed E-state index contributed by atoms with van der Waals surface area (Å²) >= 11 is 0. The van der Waals surface area contributed by atoms with Crippen molar-refractivity contribution in [3.05, 3.63) is 0 Å². The maximum Gasteiger partial charge on any atom is 0.147 e. The maximum absolute atomic E-state index is 10.1. The number of aliphatic imine (C=N–C) groups is 1. The van der Waals surface area contributed by atoms with Crippen LogP contribution < -0.4 is 0 Å². The molecule has 0 aliphatic heterocycles. The largest absolute Gasteiger partial charge is 0.391 e. The Hall–Kier alpha value is -0.700. The lowest BCUT2D eigenvalue weighted by Gasteiger charge is -2.05. The number of rotatable bonds is 3. The van der Waals surface area contributed by atoms with Gasteiger partial charge in [0.2, 0.25) is 0 Å². The first-order valence-corrected chi connectivity index (χ1v) is 2.83. The number of carbonyl (C=O) groups is 1. The van der Waals surface area contributed by atoms with Crippen molar-refractivity contribution in [2.45, 2.75) is 26.0 Å². The highest BCUT2D eigenvalue weighted by atomic mass is 16.3. The fourth-order valence-corrected chi connectivity index (χ4v) is 0.446. The van der Waals surface area contributed by atoms with Crippen LogP contribution in [0.25, 0.3) is 0 Å². The topological polar surface area (TPSA) is 49.7 Å². The zero-order chi connectivity index (χ0) is 7.28. The molecule has 0 bridgehead atoms. The summed E-state index contributed by atoms with van der Waals surface area (Å²) in [7, 11) is 0. The molecule has 0 aromatic heterocycles. The van der Waals surface area contributed by atoms with Crippen molar-refractivity contribution in [2.24, 2.45) is 4.99 Å². The molecule has 0 aliphatic carbocycles. The van der Waals surface area contributed by atoms with E-state index >= 15 is 0 Å². The number of nitrogens with zero attached hydrogens (tertiary/aromatic N) is 1. The summed E-state index contributed by atoms with van der Waals surface area (Å²) in [5, 5.41) is 8.80. The zero-order valence-corrected chi connectivity index (χ0v) is 5.61. The third-order valence-corrected chi connectivity index (χ3v) is 0.955. The fourth-order valence-electron chi connectivity index (χ4n) is 0.446. The highest BCUT2D eigenvalue weighted by Crippen LogP contribution is 1.92. The number of aliphatic hydroxyl groups is 1. The zero-order valence-electron chi connectivity index (χ0n) is 5.61. The Labute approximate surface area is 54.4 Å². The van der Waals surface area contributed by atoms with E-state index in [-0.39, 0.29) is 0 Å². The number of hydrogen-bond acceptors (Lipinski definition) is 3. The SMILES string of the molecule is CC=N[C@@H](C=O)[C@H](C)O. The van der Waals surface area contributed by atoms with Gasteiger partial charge in [-0.2, -0.15) is 0 Å². The van der Waals surface area contributed by atoms with Gasteiger partial charge < -0.3 is 9.90 Å². The molecule has 0 aromatic rings. The first-order chi connectivity index (χ1) is 4.22. The quantitative estimate of drug-likeness (QED) is 0.431. The van der Waals surface area contributed by atoms with E-state index in [0.717, 1.165) is 0 Å². The van der Waals surface area contributed by atoms with E-state index in [1.165, 1.54) is 13.1 Å². The van der Waals surface area contributed by atoms with Gasteiger partial charge in [0.1, 0.15) is 12.3 Å². The molecular formula is C6H11NO2. The van der Waals surface area contributed by atoms with Crippen LogP contribution in [-0.4, -0.2) is 29.8 Å². The van der Waals surface area contributed by atoms with E-state index in [1.807, 2.05) is 0 Å². The number of aliphatic hydroxyl groups excluding tert-OH is 1. The monoisotopic (exact) mass is 129 g/mol. The first-order valence-electron chi connectivity index (χ1n) is 2.83. The molecule has 0 heterocycles. The summed E-state index contributed by atoms with van der Waals surface area (Å²) in [6, 6.07) is -0.588. The molecule has 52 valence electrons. The van der Waals surface area contributed by atoms with Crippen LogP contribution in [0.3, 0.4) is 0 Å². The summed E-state index contributed by atoms with van der Waals surface area (Å²) in [6.45, 7) is 3.24. The minimum atomic E-state index is -0.682. The van der Waals surface area contributed by atoms with Crippen LogP contribution in [0.4, 0.5) is 0 Å². The number of aldehydes is 1. The van der Waals surface area contributed by atoms with E-state index in [0.29, 0.717) is 6.29 Å². The van der Waals surface area contributed by atoms with E-state index < -0.39 is 12.1 Å². The smallest absolute Gasteiger partial charge is 0.147 e. The van der Waals surface area contributed by atoms with Crippen molar-refractivity contribution in [2.75, 3.05) is 0 Å². The molecule has 0 aromatic carbocycles. The Bertz CT molecular complexity index is 110. The van der Waals surface area contributed by atoms with Gasteiger partial charge in [0.15, 0.2) is 0 Å². The lowest BCUT2D eigenvalue weighted by Crippen LogP contribution is -2.21. The van der Waals surface area contributed by atoms with Crippen LogP contribution in [0.2, 0.25) is 0 Å². The summed E-state index contributed by atoms with van der Waals surface area (Å²) < 4.78 is 0. The molecule has 3 nitrogen and oxygen atoms in total. The standard InChI is InChI=1S/C6H11NO2/c1-3-7-6(4-8)5(2)9/h3-6,9H,1-2H3/t5-,6-/m0/s1. The minimum absolute atomic E-state index is 0.588. The van der Waals surface area contributed by atoms with E-state index in [9.17, 15) is 4.79 Å². The fraction of sp³-hybridized carbons (Fsp3) is 0.667. The molecule has 9 heavy (non-hydrogen) atoms. The van der Waals surface area contributed by atoms with Crippen molar-refractivity contribution in [3.8, 4) is 0 Å². The third kappa shape index (κ3) is 2.98. The van der Waals surface area contributed by atoms with E-state index in [2.05, 4.69) is 4.99 Å². The molecule has 0 radical (unpaired) electrons. The molecule has 0 rings (SSSR count). The molecule has 0 amide bonds. The van der Waals surface area contributed by atoms with E-state index in [1.54, 1.807) is 6.92 Å². The molecule has 1 N–H and O–H groups in total. The van der Waals surface area contributed by atoms with Crippen LogP contribution in [0.5, 0.6) is 0 Å². The molecule has 2 atom stereocenters. The van der Waals surface area contributed by atoms with Crippen LogP contribution in [0.1, 0.15) is 13.8 Å². The molecule has 0 fully saturated rings. The molecule has 0 aliphatic rings. The second kappa shape index (κ2) is 4.21. The lowest BCUT2D eigenvalue weighted by molar-refractivity contribution is -0.110. The van der Waals surface area contributed by atoms with Gasteiger partial charge in [0.25, 0.3) is 0 Å². The predicted molar refractivity (Wildman–Crippen MR) is 35.7 cm³/mol. The van der Waals surface area contributed by atoms with Crippen LogP contribution in [0.15, 0.2) is 4.99 Å². The molecule has 0 spiro atoms. The second-order valence-electron chi connectivity index (χ2n) is 1.77. The van der Waals surface area contributed by atoms with Crippen LogP contribution in [-0.2, 0) is 4.79 Å². The Balaban J connectivity index is 3.82. The molecule has 0 unspecified atom stereocenters. The third-order valence-electron chi connectivity index (χ3n) is 0.955. The van der Waals surface area contributed by atoms with Gasteiger partial charge in [0, 0.05) is 0 Å². The van der Waals surface area contributed by atoms with Gasteiger partial charge in [-0.1, -0.05) is 0 Å². The summed E-state index contributed by atoms with van der Waals surface area (Å²) in [4.78, 5) is 13.8. The average Bonchev–Trinajstić information content (AvgIpc) is 1.82. The van der Waals surface area contributed by atoms with Crippen LogP contribution in [0, 0.1) is 0 Å². The van der Waals surface area contributed by atoms with Gasteiger partial charge in [-0.05, 0) is 20.1 Å². The van der Waals surface area contributed by atoms with Gasteiger partial charge >= 0.3 is 0 Å². The van der Waals surface area contributed by atoms with Crippen molar-refractivity contribution >= 4 is 12.5 Å². The molecule has 0 saturated carbocycles. The van der Waals surface area contributed by atoms with Gasteiger partial charge in [0.05, 0.1) is 6.10 Å². The highest BCUT2D eigenvalue weighted by molar-refractivity contribution is 5.64. The average molecular weight is 129 g/mol.